The highest BCUT2D eigenvalue weighted by Gasteiger charge is 2.47. The zero-order valence-corrected chi connectivity index (χ0v) is 15.0. The van der Waals surface area contributed by atoms with Gasteiger partial charge in [0.05, 0.1) is 17.5 Å². The van der Waals surface area contributed by atoms with Crippen molar-refractivity contribution in [1.29, 1.82) is 0 Å². The third-order valence-corrected chi connectivity index (χ3v) is 6.80. The molecule has 0 spiro atoms. The number of piperazine rings is 1. The van der Waals surface area contributed by atoms with Crippen LogP contribution < -0.4 is 0 Å². The summed E-state index contributed by atoms with van der Waals surface area (Å²) in [6.45, 7) is 4.23. The second-order valence-corrected chi connectivity index (χ2v) is 8.97. The van der Waals surface area contributed by atoms with Gasteiger partial charge in [-0.1, -0.05) is 37.3 Å². The number of nitrogens with zero attached hydrogens (tertiary/aromatic N) is 2. The number of hydrogen-bond donors (Lipinski definition) is 0. The Morgan fingerprint density at radius 2 is 1.83 bits per heavy atom. The Balaban J connectivity index is 1.71. The second-order valence-electron chi connectivity index (χ2n) is 6.82. The molecule has 0 bridgehead atoms. The third-order valence-electron chi connectivity index (χ3n) is 5.11. The lowest BCUT2D eigenvalue weighted by Crippen LogP contribution is -2.60. The molecule has 5 nitrogen and oxygen atoms in total. The van der Waals surface area contributed by atoms with E-state index >= 15 is 0 Å². The van der Waals surface area contributed by atoms with Crippen LogP contribution in [0.15, 0.2) is 30.3 Å². The molecule has 0 radical (unpaired) electrons. The second kappa shape index (κ2) is 7.23. The number of sulfone groups is 1. The van der Waals surface area contributed by atoms with Crippen molar-refractivity contribution in [3.63, 3.8) is 0 Å². The number of amides is 1. The fourth-order valence-corrected chi connectivity index (χ4v) is 5.90. The Labute approximate surface area is 144 Å². The van der Waals surface area contributed by atoms with Crippen LogP contribution in [0.1, 0.15) is 25.3 Å². The Morgan fingerprint density at radius 3 is 2.54 bits per heavy atom. The van der Waals surface area contributed by atoms with E-state index < -0.39 is 9.84 Å². The van der Waals surface area contributed by atoms with E-state index in [2.05, 4.69) is 17.0 Å². The van der Waals surface area contributed by atoms with Crippen LogP contribution in [0.25, 0.3) is 0 Å². The molecule has 1 aromatic carbocycles. The lowest BCUT2D eigenvalue weighted by molar-refractivity contribution is -0.137. The predicted molar refractivity (Wildman–Crippen MR) is 94.6 cm³/mol. The van der Waals surface area contributed by atoms with Gasteiger partial charge in [-0.3, -0.25) is 9.69 Å². The number of rotatable bonds is 5. The standard InChI is InChI=1S/C18H26N2O3S/c1-2-6-18(21)20-12-11-19(10-9-15-7-4-3-5-8-15)16-13-24(22,23)14-17(16)20/h3-5,7-8,16-17H,2,6,9-14H2,1H3/t16-,17+/m1/s1. The molecule has 0 aliphatic carbocycles. The lowest BCUT2D eigenvalue weighted by atomic mass is 10.0. The fraction of sp³-hybridized carbons (Fsp3) is 0.611. The number of fused-ring (bicyclic) bond motifs is 1. The van der Waals surface area contributed by atoms with Gasteiger partial charge in [-0.05, 0) is 18.4 Å². The van der Waals surface area contributed by atoms with Gasteiger partial charge in [-0.25, -0.2) is 8.42 Å². The van der Waals surface area contributed by atoms with Gasteiger partial charge in [-0.15, -0.1) is 0 Å². The van der Waals surface area contributed by atoms with Crippen LogP contribution >= 0.6 is 0 Å². The van der Waals surface area contributed by atoms with Crippen molar-refractivity contribution >= 4 is 15.7 Å². The molecule has 0 unspecified atom stereocenters. The summed E-state index contributed by atoms with van der Waals surface area (Å²) in [5.74, 6) is 0.407. The van der Waals surface area contributed by atoms with E-state index in [1.807, 2.05) is 30.0 Å². The van der Waals surface area contributed by atoms with Crippen LogP contribution in [-0.2, 0) is 21.1 Å². The zero-order chi connectivity index (χ0) is 17.2. The van der Waals surface area contributed by atoms with Gasteiger partial charge in [0, 0.05) is 32.1 Å². The van der Waals surface area contributed by atoms with Gasteiger partial charge < -0.3 is 4.90 Å². The molecule has 2 heterocycles. The fourth-order valence-electron chi connectivity index (χ4n) is 3.89. The van der Waals surface area contributed by atoms with E-state index in [0.717, 1.165) is 25.9 Å². The zero-order valence-electron chi connectivity index (χ0n) is 14.2. The number of hydrogen-bond acceptors (Lipinski definition) is 4. The molecule has 0 saturated carbocycles. The Hall–Kier alpha value is -1.40. The summed E-state index contributed by atoms with van der Waals surface area (Å²) in [6.07, 6.45) is 2.22. The molecule has 132 valence electrons. The van der Waals surface area contributed by atoms with Crippen LogP contribution in [0.5, 0.6) is 0 Å². The van der Waals surface area contributed by atoms with E-state index in [9.17, 15) is 13.2 Å². The van der Waals surface area contributed by atoms with Crippen molar-refractivity contribution in [2.45, 2.75) is 38.3 Å². The van der Waals surface area contributed by atoms with E-state index in [-0.39, 0.29) is 29.5 Å². The molecule has 2 fully saturated rings. The lowest BCUT2D eigenvalue weighted by Gasteiger charge is -2.44. The summed E-state index contributed by atoms with van der Waals surface area (Å²) in [5.41, 5.74) is 1.26. The molecule has 0 aromatic heterocycles. The Bertz CT molecular complexity index is 675. The molecular weight excluding hydrogens is 324 g/mol. The smallest absolute Gasteiger partial charge is 0.222 e. The SMILES string of the molecule is CCCC(=O)N1CCN(CCc2ccccc2)[C@@H]2CS(=O)(=O)C[C@@H]21. The molecule has 2 atom stereocenters. The summed E-state index contributed by atoms with van der Waals surface area (Å²) in [6, 6.07) is 10.0. The summed E-state index contributed by atoms with van der Waals surface area (Å²) in [7, 11) is -3.06. The van der Waals surface area contributed by atoms with Gasteiger partial charge in [0.25, 0.3) is 0 Å². The highest BCUT2D eigenvalue weighted by Crippen LogP contribution is 2.27. The molecule has 2 aliphatic rings. The number of carbonyl (C=O) groups is 1. The van der Waals surface area contributed by atoms with Gasteiger partial charge >= 0.3 is 0 Å². The van der Waals surface area contributed by atoms with E-state index in [1.165, 1.54) is 5.56 Å². The average molecular weight is 350 g/mol. The van der Waals surface area contributed by atoms with Gasteiger partial charge in [0.1, 0.15) is 0 Å². The van der Waals surface area contributed by atoms with Crippen molar-refractivity contribution in [3.05, 3.63) is 35.9 Å². The van der Waals surface area contributed by atoms with E-state index in [0.29, 0.717) is 13.0 Å². The largest absolute Gasteiger partial charge is 0.336 e. The van der Waals surface area contributed by atoms with Crippen LogP contribution in [0.2, 0.25) is 0 Å². The first-order valence-corrected chi connectivity index (χ1v) is 10.6. The minimum atomic E-state index is -3.06. The maximum Gasteiger partial charge on any atom is 0.222 e. The monoisotopic (exact) mass is 350 g/mol. The normalized spacial score (nSPS) is 26.3. The molecule has 3 rings (SSSR count). The molecule has 1 aromatic rings. The Morgan fingerprint density at radius 1 is 1.12 bits per heavy atom. The summed E-state index contributed by atoms with van der Waals surface area (Å²) >= 11 is 0. The first-order valence-electron chi connectivity index (χ1n) is 8.78. The van der Waals surface area contributed by atoms with Crippen LogP contribution in [-0.4, -0.2) is 67.3 Å². The van der Waals surface area contributed by atoms with Crippen molar-refractivity contribution in [1.82, 2.24) is 9.80 Å². The van der Waals surface area contributed by atoms with Gasteiger partial charge in [-0.2, -0.15) is 0 Å². The Kier molecular flexibility index (Phi) is 5.25. The summed E-state index contributed by atoms with van der Waals surface area (Å²) < 4.78 is 24.4. The quantitative estimate of drug-likeness (QED) is 0.804. The molecule has 2 saturated heterocycles. The van der Waals surface area contributed by atoms with Gasteiger partial charge in [0.15, 0.2) is 9.84 Å². The molecule has 2 aliphatic heterocycles. The highest BCUT2D eigenvalue weighted by atomic mass is 32.2. The highest BCUT2D eigenvalue weighted by molar-refractivity contribution is 7.91. The molecule has 24 heavy (non-hydrogen) atoms. The topological polar surface area (TPSA) is 57.7 Å². The van der Waals surface area contributed by atoms with Crippen LogP contribution in [0, 0.1) is 0 Å². The number of benzene rings is 1. The average Bonchev–Trinajstić information content (AvgIpc) is 2.88. The molecule has 1 amide bonds. The third kappa shape index (κ3) is 3.81. The number of carbonyl (C=O) groups excluding carboxylic acids is 1. The van der Waals surface area contributed by atoms with Crippen LogP contribution in [0.3, 0.4) is 0 Å². The first-order chi connectivity index (χ1) is 11.5. The van der Waals surface area contributed by atoms with Crippen LogP contribution in [0.4, 0.5) is 0 Å². The van der Waals surface area contributed by atoms with Crippen molar-refractivity contribution < 1.29 is 13.2 Å². The maximum atomic E-state index is 12.4. The van der Waals surface area contributed by atoms with Crippen molar-refractivity contribution in [2.24, 2.45) is 0 Å². The molecular formula is C18H26N2O3S. The van der Waals surface area contributed by atoms with Crippen molar-refractivity contribution in [3.8, 4) is 0 Å². The van der Waals surface area contributed by atoms with Crippen molar-refractivity contribution in [2.75, 3.05) is 31.1 Å². The minimum Gasteiger partial charge on any atom is -0.336 e. The summed E-state index contributed by atoms with van der Waals surface area (Å²) in [4.78, 5) is 16.5. The van der Waals surface area contributed by atoms with E-state index in [1.54, 1.807) is 0 Å². The van der Waals surface area contributed by atoms with Gasteiger partial charge in [0.2, 0.25) is 5.91 Å². The summed E-state index contributed by atoms with van der Waals surface area (Å²) in [5, 5.41) is 0. The first kappa shape index (κ1) is 17.4. The van der Waals surface area contributed by atoms with E-state index in [4.69, 9.17) is 0 Å². The molecule has 6 heteroatoms. The predicted octanol–water partition coefficient (Wildman–Crippen LogP) is 1.34. The maximum absolute atomic E-state index is 12.4. The minimum absolute atomic E-state index is 0.0479. The molecule has 0 N–H and O–H groups in total.